The largest absolute Gasteiger partial charge is 0.310 e. The third kappa shape index (κ3) is 4.25. The van der Waals surface area contributed by atoms with Crippen molar-refractivity contribution in [3.63, 3.8) is 0 Å². The average molecular weight is 458 g/mol. The van der Waals surface area contributed by atoms with E-state index in [0.717, 1.165) is 33.8 Å². The molecule has 0 unspecified atom stereocenters. The van der Waals surface area contributed by atoms with Crippen LogP contribution in [0.5, 0.6) is 0 Å². The Morgan fingerprint density at radius 3 is 2.42 bits per heavy atom. The average Bonchev–Trinajstić information content (AvgIpc) is 3.35. The Kier molecular flexibility index (Phi) is 6.29. The number of benzene rings is 2. The fraction of sp³-hybridized carbons (Fsp3) is 0.208. The zero-order chi connectivity index (χ0) is 23.5. The Morgan fingerprint density at radius 1 is 1.06 bits per heavy atom. The van der Waals surface area contributed by atoms with E-state index in [-0.39, 0.29) is 11.7 Å². The van der Waals surface area contributed by atoms with E-state index >= 15 is 0 Å². The van der Waals surface area contributed by atoms with Crippen LogP contribution >= 0.6 is 11.8 Å². The van der Waals surface area contributed by atoms with Crippen molar-refractivity contribution in [1.29, 1.82) is 5.26 Å². The highest BCUT2D eigenvalue weighted by Crippen LogP contribution is 2.30. The number of hydrogen-bond acceptors (Lipinski definition) is 6. The molecule has 2 heterocycles. The molecule has 0 saturated carbocycles. The van der Waals surface area contributed by atoms with Crippen LogP contribution in [0.1, 0.15) is 27.9 Å². The van der Waals surface area contributed by atoms with Crippen molar-refractivity contribution < 1.29 is 4.79 Å². The van der Waals surface area contributed by atoms with Gasteiger partial charge in [-0.25, -0.2) is 0 Å². The zero-order valence-electron chi connectivity index (χ0n) is 18.8. The van der Waals surface area contributed by atoms with Crippen molar-refractivity contribution >= 4 is 23.5 Å². The third-order valence-corrected chi connectivity index (χ3v) is 6.44. The first-order chi connectivity index (χ1) is 15.9. The molecule has 9 heteroatoms. The maximum absolute atomic E-state index is 12.9. The molecular formula is C24H23N7OS. The number of carbonyl (C=O) groups excluding carboxylic acids is 1. The van der Waals surface area contributed by atoms with Crippen LogP contribution < -0.4 is 5.32 Å². The molecule has 2 aromatic carbocycles. The number of aromatic nitrogens is 5. The summed E-state index contributed by atoms with van der Waals surface area (Å²) in [4.78, 5) is 12.9. The van der Waals surface area contributed by atoms with Crippen molar-refractivity contribution in [1.82, 2.24) is 24.8 Å². The van der Waals surface area contributed by atoms with Crippen LogP contribution in [-0.4, -0.2) is 36.4 Å². The van der Waals surface area contributed by atoms with E-state index in [9.17, 15) is 10.1 Å². The summed E-state index contributed by atoms with van der Waals surface area (Å²) in [7, 11) is 0. The first kappa shape index (κ1) is 22.3. The number of aryl methyl sites for hydroxylation is 2. The van der Waals surface area contributed by atoms with Crippen LogP contribution in [0.4, 0.5) is 5.82 Å². The number of nitrogens with zero attached hydrogens (tertiary/aromatic N) is 6. The Labute approximate surface area is 196 Å². The molecule has 0 aliphatic rings. The molecule has 0 atom stereocenters. The minimum atomic E-state index is -0.248. The number of amides is 1. The maximum Gasteiger partial charge on any atom is 0.236 e. The lowest BCUT2D eigenvalue weighted by molar-refractivity contribution is -0.113. The van der Waals surface area contributed by atoms with Gasteiger partial charge in [0.15, 0.2) is 0 Å². The number of anilines is 1. The highest BCUT2D eigenvalue weighted by molar-refractivity contribution is 7.99. The fourth-order valence-corrected chi connectivity index (χ4v) is 4.48. The van der Waals surface area contributed by atoms with Gasteiger partial charge in [-0.3, -0.25) is 9.36 Å². The van der Waals surface area contributed by atoms with Crippen LogP contribution in [0.3, 0.4) is 0 Å². The predicted octanol–water partition coefficient (Wildman–Crippen LogP) is 4.29. The molecule has 8 nitrogen and oxygen atoms in total. The van der Waals surface area contributed by atoms with Crippen molar-refractivity contribution in [2.45, 2.75) is 32.9 Å². The molecule has 0 aliphatic heterocycles. The van der Waals surface area contributed by atoms with Gasteiger partial charge in [0.05, 0.1) is 17.0 Å². The number of rotatable bonds is 6. The lowest BCUT2D eigenvalue weighted by Gasteiger charge is -2.13. The van der Waals surface area contributed by atoms with Gasteiger partial charge in [-0.1, -0.05) is 48.2 Å². The summed E-state index contributed by atoms with van der Waals surface area (Å²) < 4.78 is 3.56. The van der Waals surface area contributed by atoms with E-state index in [1.165, 1.54) is 11.8 Å². The Bertz CT molecular complexity index is 1350. The van der Waals surface area contributed by atoms with Crippen LogP contribution in [0, 0.1) is 39.0 Å². The molecule has 4 rings (SSSR count). The Morgan fingerprint density at radius 2 is 1.76 bits per heavy atom. The molecule has 0 aliphatic carbocycles. The van der Waals surface area contributed by atoms with Gasteiger partial charge in [-0.15, -0.1) is 5.10 Å². The van der Waals surface area contributed by atoms with Crippen LogP contribution in [0.2, 0.25) is 0 Å². The molecule has 0 radical (unpaired) electrons. The molecule has 4 aromatic rings. The molecule has 0 bridgehead atoms. The third-order valence-electron chi connectivity index (χ3n) is 5.52. The molecular weight excluding hydrogens is 434 g/mol. The van der Waals surface area contributed by atoms with Gasteiger partial charge in [0.25, 0.3) is 0 Å². The smallest absolute Gasteiger partial charge is 0.236 e. The van der Waals surface area contributed by atoms with Gasteiger partial charge in [-0.2, -0.15) is 9.94 Å². The molecule has 0 fully saturated rings. The highest BCUT2D eigenvalue weighted by atomic mass is 32.2. The summed E-state index contributed by atoms with van der Waals surface area (Å²) >= 11 is 1.24. The minimum Gasteiger partial charge on any atom is -0.310 e. The van der Waals surface area contributed by atoms with Crippen LogP contribution in [0.25, 0.3) is 11.4 Å². The van der Waals surface area contributed by atoms with Gasteiger partial charge in [0.2, 0.25) is 11.1 Å². The second-order valence-corrected chi connectivity index (χ2v) is 8.61. The molecule has 1 N–H and O–H groups in total. The first-order valence-corrected chi connectivity index (χ1v) is 11.4. The summed E-state index contributed by atoms with van der Waals surface area (Å²) in [5, 5.41) is 25.2. The highest BCUT2D eigenvalue weighted by Gasteiger charge is 2.21. The lowest BCUT2D eigenvalue weighted by Crippen LogP contribution is -2.18. The summed E-state index contributed by atoms with van der Waals surface area (Å²) in [5.74, 6) is 0.315. The van der Waals surface area contributed by atoms with Crippen molar-refractivity contribution in [3.05, 3.63) is 76.5 Å². The van der Waals surface area contributed by atoms with E-state index in [1.807, 2.05) is 80.8 Å². The maximum atomic E-state index is 12.9. The minimum absolute atomic E-state index is 0.0915. The SMILES string of the molecule is Cc1cccc(C)c1-n1nnnc1SCC(=O)Nc1c(C#N)c(C)c(C)n1-c1ccccc1. The standard InChI is InChI=1S/C24H23N7OS/c1-15-9-8-10-16(2)22(15)31-24(27-28-29-31)33-14-21(32)26-23-20(13-25)17(3)18(4)30(23)19-11-6-5-7-12-19/h5-12H,14H2,1-4H3,(H,26,32). The predicted molar refractivity (Wildman–Crippen MR) is 128 cm³/mol. The van der Waals surface area contributed by atoms with Crippen molar-refractivity contribution in [2.75, 3.05) is 11.1 Å². The number of thioether (sulfide) groups is 1. The van der Waals surface area contributed by atoms with Gasteiger partial charge in [0, 0.05) is 11.4 Å². The number of hydrogen-bond donors (Lipinski definition) is 1. The molecule has 2 aromatic heterocycles. The topological polar surface area (TPSA) is 101 Å². The summed E-state index contributed by atoms with van der Waals surface area (Å²) in [6, 6.07) is 17.9. The van der Waals surface area contributed by atoms with Gasteiger partial charge < -0.3 is 5.32 Å². The van der Waals surface area contributed by atoms with E-state index < -0.39 is 0 Å². The molecule has 166 valence electrons. The Hall–Kier alpha value is -3.90. The van der Waals surface area contributed by atoms with Crippen LogP contribution in [-0.2, 0) is 4.79 Å². The summed E-state index contributed by atoms with van der Waals surface area (Å²) in [6.45, 7) is 7.82. The van der Waals surface area contributed by atoms with E-state index in [2.05, 4.69) is 26.9 Å². The number of carbonyl (C=O) groups is 1. The second kappa shape index (κ2) is 9.30. The Balaban J connectivity index is 1.58. The first-order valence-electron chi connectivity index (χ1n) is 10.4. The van der Waals surface area contributed by atoms with Crippen molar-refractivity contribution in [3.8, 4) is 17.4 Å². The second-order valence-electron chi connectivity index (χ2n) is 7.67. The van der Waals surface area contributed by atoms with Gasteiger partial charge in [0.1, 0.15) is 11.9 Å². The van der Waals surface area contributed by atoms with Crippen molar-refractivity contribution in [2.24, 2.45) is 0 Å². The van der Waals surface area contributed by atoms with E-state index in [1.54, 1.807) is 4.68 Å². The summed E-state index contributed by atoms with van der Waals surface area (Å²) in [6.07, 6.45) is 0. The number of nitrogens with one attached hydrogen (secondary N) is 1. The normalized spacial score (nSPS) is 10.8. The number of nitriles is 1. The lowest BCUT2D eigenvalue weighted by atomic mass is 10.1. The molecule has 0 saturated heterocycles. The summed E-state index contributed by atoms with van der Waals surface area (Å²) in [5.41, 5.74) is 6.05. The number of tetrazole rings is 1. The zero-order valence-corrected chi connectivity index (χ0v) is 19.6. The monoisotopic (exact) mass is 457 g/mol. The molecule has 1 amide bonds. The van der Waals surface area contributed by atoms with Crippen LogP contribution in [0.15, 0.2) is 53.7 Å². The quantitative estimate of drug-likeness (QED) is 0.434. The van der Waals surface area contributed by atoms with E-state index in [4.69, 9.17) is 0 Å². The number of para-hydroxylation sites is 2. The van der Waals surface area contributed by atoms with E-state index in [0.29, 0.717) is 16.5 Å². The van der Waals surface area contributed by atoms with Gasteiger partial charge >= 0.3 is 0 Å². The molecule has 33 heavy (non-hydrogen) atoms. The molecule has 0 spiro atoms. The van der Waals surface area contributed by atoms with Gasteiger partial charge in [-0.05, 0) is 66.9 Å². The fourth-order valence-electron chi connectivity index (χ4n) is 3.81.